The standard InChI is InChI=1S/C20H25N3O3S/c1-19(2,3)23-16(24)14-13(9-10-27-4)22-20(15(14)17(23)25)11-7-5-6-8-12(11)21-18(20)26/h5-8,13-15,22H,9-10H2,1-4H3,(H,21,26)/t13-,14+,15+,20+/m0/s1. The molecular formula is C20H25N3O3S. The van der Waals surface area contributed by atoms with Crippen LogP contribution in [0.25, 0.3) is 0 Å². The van der Waals surface area contributed by atoms with Gasteiger partial charge in [0, 0.05) is 22.8 Å². The van der Waals surface area contributed by atoms with Gasteiger partial charge in [0.05, 0.1) is 11.8 Å². The number of nitrogens with one attached hydrogen (secondary N) is 2. The van der Waals surface area contributed by atoms with Gasteiger partial charge in [-0.15, -0.1) is 0 Å². The quantitative estimate of drug-likeness (QED) is 0.775. The van der Waals surface area contributed by atoms with Crippen molar-refractivity contribution in [2.24, 2.45) is 11.8 Å². The maximum Gasteiger partial charge on any atom is 0.250 e. The molecule has 0 unspecified atom stereocenters. The Morgan fingerprint density at radius 2 is 1.85 bits per heavy atom. The molecule has 6 nitrogen and oxygen atoms in total. The van der Waals surface area contributed by atoms with Crippen molar-refractivity contribution in [3.8, 4) is 0 Å². The SMILES string of the molecule is CSCC[C@@H]1N[C@@]2(C(=O)Nc3ccccc32)[C@H]2C(=O)N(C(C)(C)C)C(=O)[C@H]12. The van der Waals surface area contributed by atoms with E-state index in [0.29, 0.717) is 5.69 Å². The molecule has 144 valence electrons. The molecule has 3 aliphatic heterocycles. The van der Waals surface area contributed by atoms with Gasteiger partial charge in [0.2, 0.25) is 17.7 Å². The van der Waals surface area contributed by atoms with Crippen molar-refractivity contribution in [1.82, 2.24) is 10.2 Å². The summed E-state index contributed by atoms with van der Waals surface area (Å²) in [4.78, 5) is 41.3. The van der Waals surface area contributed by atoms with Crippen LogP contribution < -0.4 is 10.6 Å². The predicted octanol–water partition coefficient (Wildman–Crippen LogP) is 1.96. The summed E-state index contributed by atoms with van der Waals surface area (Å²) in [7, 11) is 0. The number of amides is 3. The molecule has 1 aromatic rings. The Morgan fingerprint density at radius 1 is 1.15 bits per heavy atom. The van der Waals surface area contributed by atoms with Gasteiger partial charge in [-0.05, 0) is 45.3 Å². The molecule has 4 rings (SSSR count). The molecule has 1 spiro atoms. The monoisotopic (exact) mass is 387 g/mol. The molecule has 3 heterocycles. The van der Waals surface area contributed by atoms with Gasteiger partial charge in [-0.3, -0.25) is 24.6 Å². The van der Waals surface area contributed by atoms with Crippen molar-refractivity contribution in [3.05, 3.63) is 29.8 Å². The molecule has 4 atom stereocenters. The van der Waals surface area contributed by atoms with E-state index in [1.807, 2.05) is 51.3 Å². The lowest BCUT2D eigenvalue weighted by Crippen LogP contribution is -2.55. The lowest BCUT2D eigenvalue weighted by molar-refractivity contribution is -0.147. The average Bonchev–Trinajstić information content (AvgIpc) is 3.17. The zero-order valence-electron chi connectivity index (χ0n) is 16.0. The van der Waals surface area contributed by atoms with Crippen LogP contribution in [0.2, 0.25) is 0 Å². The highest BCUT2D eigenvalue weighted by Crippen LogP contribution is 2.54. The van der Waals surface area contributed by atoms with E-state index in [4.69, 9.17) is 0 Å². The Bertz CT molecular complexity index is 834. The van der Waals surface area contributed by atoms with Crippen molar-refractivity contribution in [2.45, 2.75) is 44.3 Å². The predicted molar refractivity (Wildman–Crippen MR) is 105 cm³/mol. The summed E-state index contributed by atoms with van der Waals surface area (Å²) in [5.74, 6) is -1.01. The van der Waals surface area contributed by atoms with Crippen LogP contribution >= 0.6 is 11.8 Å². The number of benzene rings is 1. The van der Waals surface area contributed by atoms with Gasteiger partial charge in [-0.1, -0.05) is 18.2 Å². The Hall–Kier alpha value is -1.86. The molecule has 0 radical (unpaired) electrons. The molecule has 7 heteroatoms. The van der Waals surface area contributed by atoms with Crippen molar-refractivity contribution in [1.29, 1.82) is 0 Å². The number of hydrogen-bond acceptors (Lipinski definition) is 5. The molecular weight excluding hydrogens is 362 g/mol. The number of carbonyl (C=O) groups is 3. The zero-order chi connectivity index (χ0) is 19.6. The summed E-state index contributed by atoms with van der Waals surface area (Å²) in [6.07, 6.45) is 2.75. The van der Waals surface area contributed by atoms with Crippen LogP contribution in [0.3, 0.4) is 0 Å². The molecule has 0 saturated carbocycles. The van der Waals surface area contributed by atoms with Crippen molar-refractivity contribution < 1.29 is 14.4 Å². The molecule has 2 N–H and O–H groups in total. The Balaban J connectivity index is 1.87. The van der Waals surface area contributed by atoms with E-state index >= 15 is 0 Å². The Morgan fingerprint density at radius 3 is 2.52 bits per heavy atom. The molecule has 27 heavy (non-hydrogen) atoms. The van der Waals surface area contributed by atoms with E-state index in [2.05, 4.69) is 10.6 Å². The first-order chi connectivity index (χ1) is 12.7. The minimum atomic E-state index is -1.17. The molecule has 0 bridgehead atoms. The summed E-state index contributed by atoms with van der Waals surface area (Å²) in [6, 6.07) is 7.25. The number of carbonyl (C=O) groups excluding carboxylic acids is 3. The summed E-state index contributed by atoms with van der Waals surface area (Å²) >= 11 is 1.70. The largest absolute Gasteiger partial charge is 0.324 e. The van der Waals surface area contributed by atoms with E-state index in [9.17, 15) is 14.4 Å². The number of thioether (sulfide) groups is 1. The van der Waals surface area contributed by atoms with E-state index in [1.165, 1.54) is 4.90 Å². The second kappa shape index (κ2) is 6.07. The molecule has 1 aromatic carbocycles. The average molecular weight is 388 g/mol. The van der Waals surface area contributed by atoms with E-state index in [-0.39, 0.29) is 23.8 Å². The third kappa shape index (κ3) is 2.41. The molecule has 3 amide bonds. The highest BCUT2D eigenvalue weighted by Gasteiger charge is 2.71. The molecule has 3 aliphatic rings. The van der Waals surface area contributed by atoms with Gasteiger partial charge in [0.15, 0.2) is 0 Å². The zero-order valence-corrected chi connectivity index (χ0v) is 16.9. The third-order valence-electron chi connectivity index (χ3n) is 5.93. The van der Waals surface area contributed by atoms with Gasteiger partial charge < -0.3 is 5.32 Å². The first kappa shape index (κ1) is 18.5. The molecule has 0 aliphatic carbocycles. The molecule has 2 fully saturated rings. The van der Waals surface area contributed by atoms with Gasteiger partial charge in [0.25, 0.3) is 0 Å². The summed E-state index contributed by atoms with van der Waals surface area (Å²) < 4.78 is 0. The number of hydrogen-bond donors (Lipinski definition) is 2. The number of imide groups is 1. The van der Waals surface area contributed by atoms with Crippen molar-refractivity contribution in [2.75, 3.05) is 17.3 Å². The number of fused-ring (bicyclic) bond motifs is 4. The fraction of sp³-hybridized carbons (Fsp3) is 0.550. The Labute approximate surface area is 163 Å². The van der Waals surface area contributed by atoms with Gasteiger partial charge in [0.1, 0.15) is 5.54 Å². The van der Waals surface area contributed by atoms with Crippen LogP contribution in [0.1, 0.15) is 32.8 Å². The van der Waals surface area contributed by atoms with Gasteiger partial charge in [-0.25, -0.2) is 0 Å². The fourth-order valence-electron chi connectivity index (χ4n) is 4.91. The van der Waals surface area contributed by atoms with Crippen LogP contribution in [0.15, 0.2) is 24.3 Å². The number of nitrogens with zero attached hydrogens (tertiary/aromatic N) is 1. The minimum Gasteiger partial charge on any atom is -0.324 e. The minimum absolute atomic E-state index is 0.162. The van der Waals surface area contributed by atoms with Crippen LogP contribution in [0, 0.1) is 11.8 Å². The number of anilines is 1. The second-order valence-corrected chi connectivity index (χ2v) is 9.51. The maximum atomic E-state index is 13.5. The lowest BCUT2D eigenvalue weighted by atomic mass is 9.76. The smallest absolute Gasteiger partial charge is 0.250 e. The van der Waals surface area contributed by atoms with Crippen molar-refractivity contribution in [3.63, 3.8) is 0 Å². The third-order valence-corrected chi connectivity index (χ3v) is 6.57. The highest BCUT2D eigenvalue weighted by atomic mass is 32.2. The van der Waals surface area contributed by atoms with Crippen LogP contribution in [-0.4, -0.2) is 46.2 Å². The topological polar surface area (TPSA) is 78.5 Å². The highest BCUT2D eigenvalue weighted by molar-refractivity contribution is 7.98. The summed E-state index contributed by atoms with van der Waals surface area (Å²) in [5.41, 5.74) is -0.294. The lowest BCUT2D eigenvalue weighted by Gasteiger charge is -2.34. The summed E-state index contributed by atoms with van der Waals surface area (Å²) in [6.45, 7) is 5.59. The van der Waals surface area contributed by atoms with E-state index < -0.39 is 22.9 Å². The number of rotatable bonds is 3. The number of likely N-dealkylation sites (tertiary alicyclic amines) is 1. The van der Waals surface area contributed by atoms with Crippen LogP contribution in [0.5, 0.6) is 0 Å². The number of para-hydroxylation sites is 1. The molecule has 0 aromatic heterocycles. The summed E-state index contributed by atoms with van der Waals surface area (Å²) in [5, 5.41) is 6.37. The Kier molecular flexibility index (Phi) is 4.16. The first-order valence-electron chi connectivity index (χ1n) is 9.29. The van der Waals surface area contributed by atoms with E-state index in [1.54, 1.807) is 11.8 Å². The maximum absolute atomic E-state index is 13.5. The van der Waals surface area contributed by atoms with Gasteiger partial charge in [-0.2, -0.15) is 11.8 Å². The van der Waals surface area contributed by atoms with Crippen LogP contribution in [-0.2, 0) is 19.9 Å². The normalized spacial score (nSPS) is 32.2. The van der Waals surface area contributed by atoms with Crippen molar-refractivity contribution >= 4 is 35.2 Å². The second-order valence-electron chi connectivity index (χ2n) is 8.53. The fourth-order valence-corrected chi connectivity index (χ4v) is 5.40. The first-order valence-corrected chi connectivity index (χ1v) is 10.7. The molecule has 2 saturated heterocycles. The van der Waals surface area contributed by atoms with Crippen LogP contribution in [0.4, 0.5) is 5.69 Å². The van der Waals surface area contributed by atoms with E-state index in [0.717, 1.165) is 17.7 Å². The van der Waals surface area contributed by atoms with Gasteiger partial charge >= 0.3 is 0 Å².